The molecule has 0 aliphatic carbocycles. The van der Waals surface area contributed by atoms with Gasteiger partial charge in [-0.2, -0.15) is 0 Å². The summed E-state index contributed by atoms with van der Waals surface area (Å²) in [7, 11) is 4.14. The molecule has 1 heterocycles. The van der Waals surface area contributed by atoms with E-state index >= 15 is 0 Å². The Kier molecular flexibility index (Phi) is 4.16. The SMILES string of the molecule is CN(C)CC/C=C1\c2ccccc2COc2ccc(O)cc21. The molecule has 114 valence electrons. The van der Waals surface area contributed by atoms with E-state index in [0.717, 1.165) is 29.9 Å². The molecule has 0 saturated carbocycles. The average Bonchev–Trinajstić information content (AvgIpc) is 2.65. The number of phenols is 1. The number of rotatable bonds is 3. The number of ether oxygens (including phenoxy) is 1. The van der Waals surface area contributed by atoms with Crippen molar-refractivity contribution in [2.45, 2.75) is 13.0 Å². The molecule has 3 heteroatoms. The lowest BCUT2D eigenvalue weighted by Gasteiger charge is -2.12. The van der Waals surface area contributed by atoms with E-state index in [0.29, 0.717) is 6.61 Å². The van der Waals surface area contributed by atoms with Gasteiger partial charge in [0.2, 0.25) is 0 Å². The van der Waals surface area contributed by atoms with Gasteiger partial charge in [-0.1, -0.05) is 30.3 Å². The molecule has 2 aromatic rings. The van der Waals surface area contributed by atoms with Gasteiger partial charge in [-0.05, 0) is 55.4 Å². The lowest BCUT2D eigenvalue weighted by atomic mass is 9.93. The van der Waals surface area contributed by atoms with Crippen LogP contribution in [0.4, 0.5) is 0 Å². The molecular formula is C19H21NO2. The number of hydrogen-bond donors (Lipinski definition) is 1. The fourth-order valence-corrected chi connectivity index (χ4v) is 2.75. The van der Waals surface area contributed by atoms with Crippen LogP contribution in [-0.4, -0.2) is 30.6 Å². The molecule has 22 heavy (non-hydrogen) atoms. The van der Waals surface area contributed by atoms with Gasteiger partial charge in [-0.15, -0.1) is 0 Å². The highest BCUT2D eigenvalue weighted by Crippen LogP contribution is 2.38. The van der Waals surface area contributed by atoms with E-state index in [4.69, 9.17) is 4.74 Å². The molecule has 0 atom stereocenters. The maximum Gasteiger partial charge on any atom is 0.127 e. The zero-order valence-corrected chi connectivity index (χ0v) is 13.0. The van der Waals surface area contributed by atoms with Crippen molar-refractivity contribution in [1.82, 2.24) is 4.90 Å². The van der Waals surface area contributed by atoms with Crippen LogP contribution in [0.5, 0.6) is 11.5 Å². The molecule has 1 aliphatic rings. The smallest absolute Gasteiger partial charge is 0.127 e. The maximum absolute atomic E-state index is 9.87. The number of fused-ring (bicyclic) bond motifs is 2. The summed E-state index contributed by atoms with van der Waals surface area (Å²) in [5.41, 5.74) is 4.46. The van der Waals surface area contributed by atoms with Crippen LogP contribution in [0.2, 0.25) is 0 Å². The molecular weight excluding hydrogens is 274 g/mol. The Morgan fingerprint density at radius 3 is 2.77 bits per heavy atom. The van der Waals surface area contributed by atoms with Crippen molar-refractivity contribution in [2.24, 2.45) is 0 Å². The lowest BCUT2D eigenvalue weighted by Crippen LogP contribution is -2.12. The summed E-state index contributed by atoms with van der Waals surface area (Å²) in [5.74, 6) is 1.09. The fraction of sp³-hybridized carbons (Fsp3) is 0.263. The number of aromatic hydroxyl groups is 1. The lowest BCUT2D eigenvalue weighted by molar-refractivity contribution is 0.306. The molecule has 0 fully saturated rings. The van der Waals surface area contributed by atoms with E-state index in [1.165, 1.54) is 11.1 Å². The fourth-order valence-electron chi connectivity index (χ4n) is 2.75. The van der Waals surface area contributed by atoms with E-state index in [1.54, 1.807) is 12.1 Å². The first-order valence-electron chi connectivity index (χ1n) is 7.54. The Morgan fingerprint density at radius 2 is 1.95 bits per heavy atom. The average molecular weight is 295 g/mol. The molecule has 3 rings (SSSR count). The summed E-state index contributed by atoms with van der Waals surface area (Å²) in [4.78, 5) is 2.17. The quantitative estimate of drug-likeness (QED) is 0.938. The molecule has 0 unspecified atom stereocenters. The largest absolute Gasteiger partial charge is 0.508 e. The van der Waals surface area contributed by atoms with E-state index in [1.807, 2.05) is 18.2 Å². The summed E-state index contributed by atoms with van der Waals surface area (Å²) in [6, 6.07) is 13.6. The van der Waals surface area contributed by atoms with Crippen molar-refractivity contribution in [3.05, 3.63) is 65.2 Å². The van der Waals surface area contributed by atoms with Crippen molar-refractivity contribution < 1.29 is 9.84 Å². The summed E-state index contributed by atoms with van der Waals surface area (Å²) in [5, 5.41) is 9.87. The van der Waals surface area contributed by atoms with Crippen LogP contribution in [0.25, 0.3) is 5.57 Å². The minimum Gasteiger partial charge on any atom is -0.508 e. The highest BCUT2D eigenvalue weighted by Gasteiger charge is 2.19. The topological polar surface area (TPSA) is 32.7 Å². The Labute approximate surface area is 131 Å². The molecule has 1 N–H and O–H groups in total. The third kappa shape index (κ3) is 3.00. The minimum atomic E-state index is 0.264. The van der Waals surface area contributed by atoms with Crippen LogP contribution < -0.4 is 4.74 Å². The molecule has 0 radical (unpaired) electrons. The first-order chi connectivity index (χ1) is 10.6. The van der Waals surface area contributed by atoms with Gasteiger partial charge in [-0.25, -0.2) is 0 Å². The first-order valence-corrected chi connectivity index (χ1v) is 7.54. The van der Waals surface area contributed by atoms with Crippen LogP contribution >= 0.6 is 0 Å². The Hall–Kier alpha value is -2.26. The number of hydrogen-bond acceptors (Lipinski definition) is 3. The highest BCUT2D eigenvalue weighted by molar-refractivity contribution is 5.85. The normalized spacial score (nSPS) is 15.1. The second-order valence-electron chi connectivity index (χ2n) is 5.84. The van der Waals surface area contributed by atoms with E-state index < -0.39 is 0 Å². The molecule has 0 spiro atoms. The van der Waals surface area contributed by atoms with Gasteiger partial charge < -0.3 is 14.7 Å². The van der Waals surface area contributed by atoms with E-state index in [9.17, 15) is 5.11 Å². The third-order valence-corrected chi connectivity index (χ3v) is 3.87. The van der Waals surface area contributed by atoms with Crippen LogP contribution in [0, 0.1) is 0 Å². The standard InChI is InChI=1S/C19H21NO2/c1-20(2)11-5-8-17-16-7-4-3-6-14(16)13-22-19-10-9-15(21)12-18(17)19/h3-4,6-10,12,21H,5,11,13H2,1-2H3/b17-8+. The van der Waals surface area contributed by atoms with Crippen molar-refractivity contribution >= 4 is 5.57 Å². The van der Waals surface area contributed by atoms with Gasteiger partial charge in [-0.3, -0.25) is 0 Å². The first kappa shape index (κ1) is 14.7. The van der Waals surface area contributed by atoms with Crippen LogP contribution in [0.15, 0.2) is 48.5 Å². The summed E-state index contributed by atoms with van der Waals surface area (Å²) in [6.45, 7) is 1.54. The molecule has 0 amide bonds. The molecule has 0 bridgehead atoms. The monoisotopic (exact) mass is 295 g/mol. The van der Waals surface area contributed by atoms with Crippen molar-refractivity contribution in [1.29, 1.82) is 0 Å². The molecule has 3 nitrogen and oxygen atoms in total. The predicted molar refractivity (Wildman–Crippen MR) is 89.1 cm³/mol. The van der Waals surface area contributed by atoms with Crippen LogP contribution in [0.3, 0.4) is 0 Å². The Balaban J connectivity index is 2.10. The minimum absolute atomic E-state index is 0.264. The zero-order valence-electron chi connectivity index (χ0n) is 13.0. The van der Waals surface area contributed by atoms with Crippen molar-refractivity contribution in [2.75, 3.05) is 20.6 Å². The zero-order chi connectivity index (χ0) is 15.5. The van der Waals surface area contributed by atoms with Gasteiger partial charge in [0.1, 0.15) is 18.1 Å². The highest BCUT2D eigenvalue weighted by atomic mass is 16.5. The summed E-state index contributed by atoms with van der Waals surface area (Å²) >= 11 is 0. The third-order valence-electron chi connectivity index (χ3n) is 3.87. The van der Waals surface area contributed by atoms with Gasteiger partial charge in [0.15, 0.2) is 0 Å². The van der Waals surface area contributed by atoms with Gasteiger partial charge in [0.25, 0.3) is 0 Å². The van der Waals surface area contributed by atoms with E-state index in [-0.39, 0.29) is 5.75 Å². The number of nitrogens with zero attached hydrogens (tertiary/aromatic N) is 1. The second-order valence-corrected chi connectivity index (χ2v) is 5.84. The van der Waals surface area contributed by atoms with Gasteiger partial charge in [0.05, 0.1) is 0 Å². The van der Waals surface area contributed by atoms with Gasteiger partial charge >= 0.3 is 0 Å². The predicted octanol–water partition coefficient (Wildman–Crippen LogP) is 3.67. The Bertz CT molecular complexity index is 704. The summed E-state index contributed by atoms with van der Waals surface area (Å²) < 4.78 is 5.93. The van der Waals surface area contributed by atoms with E-state index in [2.05, 4.69) is 37.2 Å². The summed E-state index contributed by atoms with van der Waals surface area (Å²) in [6.07, 6.45) is 3.19. The van der Waals surface area contributed by atoms with Crippen molar-refractivity contribution in [3.8, 4) is 11.5 Å². The molecule has 0 saturated heterocycles. The Morgan fingerprint density at radius 1 is 1.14 bits per heavy atom. The molecule has 1 aliphatic heterocycles. The van der Waals surface area contributed by atoms with Crippen molar-refractivity contribution in [3.63, 3.8) is 0 Å². The number of benzene rings is 2. The second kappa shape index (κ2) is 6.24. The number of phenolic OH excluding ortho intramolecular Hbond substituents is 1. The maximum atomic E-state index is 9.87. The van der Waals surface area contributed by atoms with Crippen LogP contribution in [0.1, 0.15) is 23.1 Å². The van der Waals surface area contributed by atoms with Gasteiger partial charge in [0, 0.05) is 12.1 Å². The van der Waals surface area contributed by atoms with Crippen LogP contribution in [-0.2, 0) is 6.61 Å². The molecule has 0 aromatic heterocycles. The molecule has 2 aromatic carbocycles.